The van der Waals surface area contributed by atoms with E-state index in [0.29, 0.717) is 17.4 Å². The van der Waals surface area contributed by atoms with Gasteiger partial charge in [-0.2, -0.15) is 0 Å². The van der Waals surface area contributed by atoms with Crippen molar-refractivity contribution in [3.8, 4) is 0 Å². The van der Waals surface area contributed by atoms with E-state index in [-0.39, 0.29) is 17.8 Å². The summed E-state index contributed by atoms with van der Waals surface area (Å²) in [7, 11) is 0. The van der Waals surface area contributed by atoms with Crippen molar-refractivity contribution in [2.45, 2.75) is 38.7 Å². The number of aliphatic carboxylic acids is 1. The van der Waals surface area contributed by atoms with Crippen LogP contribution >= 0.6 is 11.8 Å². The summed E-state index contributed by atoms with van der Waals surface area (Å²) in [5.41, 5.74) is 0. The fraction of sp³-hybridized carbons (Fsp3) is 0.615. The third kappa shape index (κ3) is 3.49. The number of rotatable bonds is 4. The van der Waals surface area contributed by atoms with Gasteiger partial charge in [0, 0.05) is 5.75 Å². The molecule has 0 spiro atoms. The van der Waals surface area contributed by atoms with Crippen LogP contribution in [0.15, 0.2) is 10.6 Å². The third-order valence-electron chi connectivity index (χ3n) is 3.18. The first-order valence-electron chi connectivity index (χ1n) is 6.72. The zero-order valence-corrected chi connectivity index (χ0v) is 13.0. The van der Waals surface area contributed by atoms with Crippen LogP contribution in [0.25, 0.3) is 0 Å². The van der Waals surface area contributed by atoms with Crippen molar-refractivity contribution in [2.75, 3.05) is 5.75 Å². The molecule has 116 valence electrons. The van der Waals surface area contributed by atoms with Crippen molar-refractivity contribution < 1.29 is 19.1 Å². The van der Waals surface area contributed by atoms with E-state index in [1.807, 2.05) is 13.8 Å². The molecule has 2 amide bonds. The summed E-state index contributed by atoms with van der Waals surface area (Å²) in [5, 5.41) is 11.8. The fourth-order valence-corrected chi connectivity index (χ4v) is 3.69. The van der Waals surface area contributed by atoms with Crippen LogP contribution in [0.3, 0.4) is 0 Å². The first-order chi connectivity index (χ1) is 9.90. The molecule has 1 aromatic rings. The Morgan fingerprint density at radius 3 is 2.86 bits per heavy atom. The van der Waals surface area contributed by atoms with E-state index < -0.39 is 18.0 Å². The number of carbonyl (C=O) groups excluding carboxylic acids is 1. The summed E-state index contributed by atoms with van der Waals surface area (Å²) in [5.74, 6) is 0.672. The van der Waals surface area contributed by atoms with E-state index in [1.54, 1.807) is 13.1 Å². The van der Waals surface area contributed by atoms with Gasteiger partial charge in [0.25, 0.3) is 0 Å². The number of oxazole rings is 1. The number of aryl methyl sites for hydroxylation is 1. The van der Waals surface area contributed by atoms with Crippen LogP contribution in [0.2, 0.25) is 0 Å². The monoisotopic (exact) mass is 313 g/mol. The van der Waals surface area contributed by atoms with Gasteiger partial charge in [-0.15, -0.1) is 11.8 Å². The summed E-state index contributed by atoms with van der Waals surface area (Å²) in [6.45, 7) is 5.86. The van der Waals surface area contributed by atoms with Crippen molar-refractivity contribution in [1.82, 2.24) is 15.2 Å². The maximum absolute atomic E-state index is 12.3. The van der Waals surface area contributed by atoms with E-state index in [9.17, 15) is 14.7 Å². The second kappa shape index (κ2) is 6.38. The molecule has 1 fully saturated rings. The summed E-state index contributed by atoms with van der Waals surface area (Å²) < 4.78 is 5.28. The fourth-order valence-electron chi connectivity index (χ4n) is 2.21. The van der Waals surface area contributed by atoms with E-state index in [0.717, 1.165) is 0 Å². The number of nitrogens with one attached hydrogen (secondary N) is 1. The van der Waals surface area contributed by atoms with Crippen molar-refractivity contribution in [1.29, 1.82) is 0 Å². The van der Waals surface area contributed by atoms with Crippen molar-refractivity contribution in [2.24, 2.45) is 5.92 Å². The smallest absolute Gasteiger partial charge is 0.327 e. The Balaban J connectivity index is 2.04. The van der Waals surface area contributed by atoms with Crippen LogP contribution in [0.1, 0.15) is 25.5 Å². The molecule has 1 saturated heterocycles. The summed E-state index contributed by atoms with van der Waals surface area (Å²) in [6.07, 6.45) is 1.57. The van der Waals surface area contributed by atoms with E-state index in [1.165, 1.54) is 16.7 Å². The van der Waals surface area contributed by atoms with Crippen LogP contribution in [0, 0.1) is 12.8 Å². The molecule has 8 heteroatoms. The maximum Gasteiger partial charge on any atom is 0.327 e. The molecule has 1 aliphatic rings. The van der Waals surface area contributed by atoms with E-state index in [4.69, 9.17) is 4.42 Å². The summed E-state index contributed by atoms with van der Waals surface area (Å²) in [6, 6.07) is -1.20. The molecule has 2 N–H and O–H groups in total. The number of hydrogen-bond acceptors (Lipinski definition) is 5. The highest BCUT2D eigenvalue weighted by atomic mass is 32.2. The van der Waals surface area contributed by atoms with Gasteiger partial charge in [-0.05, 0) is 12.8 Å². The predicted octanol–water partition coefficient (Wildman–Crippen LogP) is 1.68. The molecular formula is C13H19N3O4S. The average Bonchev–Trinajstić information content (AvgIpc) is 3.01. The molecule has 0 aromatic carbocycles. The van der Waals surface area contributed by atoms with Crippen LogP contribution in [-0.4, -0.2) is 44.2 Å². The topological polar surface area (TPSA) is 95.7 Å². The zero-order chi connectivity index (χ0) is 15.6. The Labute approximate surface area is 127 Å². The first-order valence-corrected chi connectivity index (χ1v) is 7.77. The van der Waals surface area contributed by atoms with Gasteiger partial charge in [-0.1, -0.05) is 13.8 Å². The highest BCUT2D eigenvalue weighted by molar-refractivity contribution is 8.00. The van der Waals surface area contributed by atoms with Crippen LogP contribution in [-0.2, 0) is 11.3 Å². The lowest BCUT2D eigenvalue weighted by molar-refractivity contribution is -0.141. The van der Waals surface area contributed by atoms with E-state index in [2.05, 4.69) is 10.3 Å². The van der Waals surface area contributed by atoms with Gasteiger partial charge in [-0.3, -0.25) is 4.90 Å². The molecule has 21 heavy (non-hydrogen) atoms. The van der Waals surface area contributed by atoms with Crippen molar-refractivity contribution >= 4 is 23.8 Å². The SMILES string of the molecule is Cc1cnc(CNC(=O)N2C(C(=O)O)CSC2C(C)C)o1. The number of nitrogens with zero attached hydrogens (tertiary/aromatic N) is 2. The Morgan fingerprint density at radius 2 is 2.33 bits per heavy atom. The lowest BCUT2D eigenvalue weighted by Crippen LogP contribution is -2.51. The van der Waals surface area contributed by atoms with Gasteiger partial charge in [-0.25, -0.2) is 14.6 Å². The minimum atomic E-state index is -0.979. The molecule has 0 saturated carbocycles. The van der Waals surface area contributed by atoms with Crippen molar-refractivity contribution in [3.63, 3.8) is 0 Å². The summed E-state index contributed by atoms with van der Waals surface area (Å²) >= 11 is 1.49. The van der Waals surface area contributed by atoms with Crippen LogP contribution < -0.4 is 5.32 Å². The number of carboxylic acids is 1. The molecule has 0 aliphatic carbocycles. The number of hydrogen-bond donors (Lipinski definition) is 2. The largest absolute Gasteiger partial charge is 0.480 e. The minimum absolute atomic E-state index is 0.141. The van der Waals surface area contributed by atoms with E-state index >= 15 is 0 Å². The average molecular weight is 313 g/mol. The highest BCUT2D eigenvalue weighted by Crippen LogP contribution is 2.34. The zero-order valence-electron chi connectivity index (χ0n) is 12.2. The molecule has 0 radical (unpaired) electrons. The highest BCUT2D eigenvalue weighted by Gasteiger charge is 2.42. The Bertz CT molecular complexity index is 531. The maximum atomic E-state index is 12.3. The van der Waals surface area contributed by atoms with Crippen LogP contribution in [0.4, 0.5) is 4.79 Å². The molecule has 2 rings (SSSR count). The number of carboxylic acid groups (broad SMARTS) is 1. The molecule has 2 atom stereocenters. The quantitative estimate of drug-likeness (QED) is 0.878. The standard InChI is InChI=1S/C13H19N3O4S/c1-7(2)11-16(9(6-21-11)12(17)18)13(19)15-5-10-14-4-8(3)20-10/h4,7,9,11H,5-6H2,1-3H3,(H,15,19)(H,17,18). The molecule has 2 unspecified atom stereocenters. The van der Waals surface area contributed by atoms with Gasteiger partial charge < -0.3 is 14.8 Å². The molecular weight excluding hydrogens is 294 g/mol. The van der Waals surface area contributed by atoms with Gasteiger partial charge in [0.1, 0.15) is 11.8 Å². The summed E-state index contributed by atoms with van der Waals surface area (Å²) in [4.78, 5) is 29.0. The Kier molecular flexibility index (Phi) is 4.76. The van der Waals surface area contributed by atoms with Gasteiger partial charge in [0.05, 0.1) is 18.1 Å². The molecule has 2 heterocycles. The van der Waals surface area contributed by atoms with Crippen molar-refractivity contribution in [3.05, 3.63) is 17.8 Å². The van der Waals surface area contributed by atoms with Crippen LogP contribution in [0.5, 0.6) is 0 Å². The number of urea groups is 1. The Hall–Kier alpha value is -1.70. The molecule has 0 bridgehead atoms. The molecule has 1 aromatic heterocycles. The number of amides is 2. The first kappa shape index (κ1) is 15.7. The number of aromatic nitrogens is 1. The second-order valence-electron chi connectivity index (χ2n) is 5.25. The molecule has 7 nitrogen and oxygen atoms in total. The number of carbonyl (C=O) groups is 2. The molecule has 1 aliphatic heterocycles. The normalized spacial score (nSPS) is 21.8. The number of thioether (sulfide) groups is 1. The van der Waals surface area contributed by atoms with Gasteiger partial charge >= 0.3 is 12.0 Å². The second-order valence-corrected chi connectivity index (χ2v) is 6.40. The Morgan fingerprint density at radius 1 is 1.62 bits per heavy atom. The lowest BCUT2D eigenvalue weighted by atomic mass is 10.2. The van der Waals surface area contributed by atoms with Gasteiger partial charge in [0.15, 0.2) is 0 Å². The third-order valence-corrected chi connectivity index (χ3v) is 4.81. The predicted molar refractivity (Wildman–Crippen MR) is 77.8 cm³/mol. The van der Waals surface area contributed by atoms with Gasteiger partial charge in [0.2, 0.25) is 5.89 Å². The minimum Gasteiger partial charge on any atom is -0.480 e. The lowest BCUT2D eigenvalue weighted by Gasteiger charge is -2.29.